The van der Waals surface area contributed by atoms with Crippen LogP contribution in [-0.4, -0.2) is 61.0 Å². The Labute approximate surface area is 209 Å². The maximum absolute atomic E-state index is 13.0. The van der Waals surface area contributed by atoms with Crippen molar-refractivity contribution in [3.05, 3.63) is 70.4 Å². The Morgan fingerprint density at radius 3 is 2.62 bits per heavy atom. The Balaban J connectivity index is 1.29. The van der Waals surface area contributed by atoms with Gasteiger partial charge in [0.25, 0.3) is 11.8 Å². The standard InChI is InChI=1S/C24H21F2N7O4/c1-14-27-21(22-28-20(31-37-22)16-6-8-19(9-7-16)36-24(2,25)26)29-33(14)11-15-4-3-5-17(10-15)23(34)32-12-18(13-32)30-35/h3-10,18H,11-13H2,1-2H3. The molecule has 2 aromatic heterocycles. The first kappa shape index (κ1) is 24.2. The molecule has 3 heterocycles. The smallest absolute Gasteiger partial charge is 0.394 e. The van der Waals surface area contributed by atoms with Crippen LogP contribution < -0.4 is 4.74 Å². The fourth-order valence-electron chi connectivity index (χ4n) is 3.82. The number of nitroso groups, excluding NO2 is 1. The zero-order valence-electron chi connectivity index (χ0n) is 19.8. The molecule has 0 unspecified atom stereocenters. The summed E-state index contributed by atoms with van der Waals surface area (Å²) in [5.74, 6) is 1.01. The van der Waals surface area contributed by atoms with Crippen molar-refractivity contribution in [3.63, 3.8) is 0 Å². The fraction of sp³-hybridized carbons (Fsp3) is 0.292. The van der Waals surface area contributed by atoms with Gasteiger partial charge >= 0.3 is 6.11 Å². The number of benzene rings is 2. The molecule has 1 amide bonds. The van der Waals surface area contributed by atoms with Crippen LogP contribution in [0.1, 0.15) is 28.7 Å². The quantitative estimate of drug-likeness (QED) is 0.327. The van der Waals surface area contributed by atoms with Gasteiger partial charge in [-0.15, -0.1) is 5.10 Å². The van der Waals surface area contributed by atoms with Crippen LogP contribution in [-0.2, 0) is 6.54 Å². The molecule has 5 rings (SSSR count). The van der Waals surface area contributed by atoms with E-state index in [4.69, 9.17) is 4.52 Å². The van der Waals surface area contributed by atoms with Gasteiger partial charge in [-0.25, -0.2) is 9.67 Å². The van der Waals surface area contributed by atoms with Crippen LogP contribution in [0.25, 0.3) is 23.1 Å². The second-order valence-corrected chi connectivity index (χ2v) is 8.67. The SMILES string of the molecule is Cc1nc(-c2nc(-c3ccc(OC(C)(F)F)cc3)no2)nn1Cc1cccc(C(=O)N2CC(N=O)C2)c1. The van der Waals surface area contributed by atoms with E-state index in [-0.39, 0.29) is 35.2 Å². The molecule has 37 heavy (non-hydrogen) atoms. The number of likely N-dealkylation sites (tertiary alicyclic amines) is 1. The number of halogens is 2. The molecule has 0 N–H and O–H groups in total. The van der Waals surface area contributed by atoms with Crippen LogP contribution in [0.15, 0.2) is 58.2 Å². The lowest BCUT2D eigenvalue weighted by atomic mass is 10.1. The number of ether oxygens (including phenoxy) is 1. The predicted octanol–water partition coefficient (Wildman–Crippen LogP) is 3.93. The van der Waals surface area contributed by atoms with Crippen LogP contribution >= 0.6 is 0 Å². The molecule has 13 heteroatoms. The Morgan fingerprint density at radius 1 is 1.16 bits per heavy atom. The monoisotopic (exact) mass is 509 g/mol. The number of hydrogen-bond acceptors (Lipinski definition) is 9. The number of carbonyl (C=O) groups is 1. The summed E-state index contributed by atoms with van der Waals surface area (Å²) < 4.78 is 37.5. The summed E-state index contributed by atoms with van der Waals surface area (Å²) in [5.41, 5.74) is 1.89. The van der Waals surface area contributed by atoms with Gasteiger partial charge in [-0.2, -0.15) is 18.7 Å². The summed E-state index contributed by atoms with van der Waals surface area (Å²) in [6, 6.07) is 12.7. The van der Waals surface area contributed by atoms with Crippen LogP contribution in [0, 0.1) is 11.8 Å². The van der Waals surface area contributed by atoms with E-state index in [1.165, 1.54) is 24.3 Å². The van der Waals surface area contributed by atoms with E-state index < -0.39 is 6.11 Å². The van der Waals surface area contributed by atoms with E-state index >= 15 is 0 Å². The van der Waals surface area contributed by atoms with Gasteiger partial charge in [0.15, 0.2) is 0 Å². The van der Waals surface area contributed by atoms with E-state index in [0.29, 0.717) is 43.5 Å². The van der Waals surface area contributed by atoms with Crippen LogP contribution in [0.3, 0.4) is 0 Å². The van der Waals surface area contributed by atoms with E-state index in [0.717, 1.165) is 5.56 Å². The third-order valence-corrected chi connectivity index (χ3v) is 5.69. The normalized spacial score (nSPS) is 13.9. The molecular formula is C24H21F2N7O4. The summed E-state index contributed by atoms with van der Waals surface area (Å²) in [7, 11) is 0. The molecule has 1 aliphatic rings. The van der Waals surface area contributed by atoms with Crippen molar-refractivity contribution in [3.8, 4) is 28.9 Å². The number of hydrogen-bond donors (Lipinski definition) is 0. The Morgan fingerprint density at radius 2 is 1.92 bits per heavy atom. The maximum atomic E-state index is 13.0. The van der Waals surface area contributed by atoms with Crippen LogP contribution in [0.4, 0.5) is 8.78 Å². The number of nitrogens with zero attached hydrogens (tertiary/aromatic N) is 7. The van der Waals surface area contributed by atoms with Gasteiger partial charge in [0.05, 0.1) is 6.54 Å². The van der Waals surface area contributed by atoms with E-state index in [1.54, 1.807) is 34.7 Å². The maximum Gasteiger partial charge on any atom is 0.394 e. The highest BCUT2D eigenvalue weighted by atomic mass is 19.3. The minimum Gasteiger partial charge on any atom is -0.433 e. The summed E-state index contributed by atoms with van der Waals surface area (Å²) in [6.45, 7) is 3.45. The second-order valence-electron chi connectivity index (χ2n) is 8.67. The van der Waals surface area contributed by atoms with E-state index in [9.17, 15) is 18.5 Å². The minimum absolute atomic E-state index is 0.00816. The summed E-state index contributed by atoms with van der Waals surface area (Å²) in [5, 5.41) is 11.3. The highest BCUT2D eigenvalue weighted by Gasteiger charge is 2.32. The lowest BCUT2D eigenvalue weighted by molar-refractivity contribution is -0.158. The number of aryl methyl sites for hydroxylation is 1. The minimum atomic E-state index is -3.28. The zero-order valence-corrected chi connectivity index (χ0v) is 19.8. The zero-order chi connectivity index (χ0) is 26.2. The number of rotatable bonds is 8. The topological polar surface area (TPSA) is 129 Å². The summed E-state index contributed by atoms with van der Waals surface area (Å²) in [4.78, 5) is 33.5. The van der Waals surface area contributed by atoms with Crippen molar-refractivity contribution in [2.75, 3.05) is 13.1 Å². The number of alkyl halides is 2. The van der Waals surface area contributed by atoms with Crippen LogP contribution in [0.5, 0.6) is 5.75 Å². The molecule has 0 radical (unpaired) electrons. The molecule has 2 aromatic carbocycles. The molecule has 0 bridgehead atoms. The van der Waals surface area contributed by atoms with Gasteiger partial charge in [-0.05, 0) is 48.9 Å². The Kier molecular flexibility index (Phi) is 6.19. The van der Waals surface area contributed by atoms with Crippen molar-refractivity contribution < 1.29 is 22.8 Å². The van der Waals surface area contributed by atoms with Crippen molar-refractivity contribution in [2.24, 2.45) is 5.18 Å². The molecule has 1 saturated heterocycles. The highest BCUT2D eigenvalue weighted by Crippen LogP contribution is 2.26. The lowest BCUT2D eigenvalue weighted by Crippen LogP contribution is -2.52. The van der Waals surface area contributed by atoms with Gasteiger partial charge < -0.3 is 14.2 Å². The average Bonchev–Trinajstić information content (AvgIpc) is 3.45. The van der Waals surface area contributed by atoms with Gasteiger partial charge in [-0.1, -0.05) is 22.5 Å². The van der Waals surface area contributed by atoms with Gasteiger partial charge in [0.2, 0.25) is 11.6 Å². The molecule has 1 aliphatic heterocycles. The molecule has 0 saturated carbocycles. The van der Waals surface area contributed by atoms with Crippen molar-refractivity contribution >= 4 is 5.91 Å². The van der Waals surface area contributed by atoms with Crippen molar-refractivity contribution in [1.82, 2.24) is 29.8 Å². The molecule has 11 nitrogen and oxygen atoms in total. The summed E-state index contributed by atoms with van der Waals surface area (Å²) >= 11 is 0. The Bertz CT molecular complexity index is 1440. The first-order chi connectivity index (χ1) is 17.7. The van der Waals surface area contributed by atoms with Gasteiger partial charge in [0.1, 0.15) is 17.6 Å². The highest BCUT2D eigenvalue weighted by molar-refractivity contribution is 5.95. The third kappa shape index (κ3) is 5.34. The van der Waals surface area contributed by atoms with Crippen molar-refractivity contribution in [2.45, 2.75) is 32.5 Å². The van der Waals surface area contributed by atoms with E-state index in [1.807, 2.05) is 6.07 Å². The Hall–Kier alpha value is -4.55. The molecular weight excluding hydrogens is 488 g/mol. The molecule has 190 valence electrons. The average molecular weight is 509 g/mol. The first-order valence-electron chi connectivity index (χ1n) is 11.3. The fourth-order valence-corrected chi connectivity index (χ4v) is 3.82. The second kappa shape index (κ2) is 9.48. The van der Waals surface area contributed by atoms with Gasteiger partial charge in [0, 0.05) is 31.1 Å². The molecule has 0 spiro atoms. The molecule has 0 atom stereocenters. The molecule has 4 aromatic rings. The number of aromatic nitrogens is 5. The predicted molar refractivity (Wildman–Crippen MR) is 126 cm³/mol. The number of carbonyl (C=O) groups excluding carboxylic acids is 1. The summed E-state index contributed by atoms with van der Waals surface area (Å²) in [6.07, 6.45) is -3.28. The third-order valence-electron chi connectivity index (χ3n) is 5.69. The van der Waals surface area contributed by atoms with Crippen molar-refractivity contribution in [1.29, 1.82) is 0 Å². The first-order valence-corrected chi connectivity index (χ1v) is 11.3. The molecule has 1 fully saturated rings. The largest absolute Gasteiger partial charge is 0.433 e. The van der Waals surface area contributed by atoms with Crippen LogP contribution in [0.2, 0.25) is 0 Å². The molecule has 0 aliphatic carbocycles. The van der Waals surface area contributed by atoms with E-state index in [2.05, 4.69) is 30.1 Å². The lowest BCUT2D eigenvalue weighted by Gasteiger charge is -2.34. The number of amides is 1. The van der Waals surface area contributed by atoms with Gasteiger partial charge in [-0.3, -0.25) is 4.79 Å².